The van der Waals surface area contributed by atoms with E-state index in [2.05, 4.69) is 19.9 Å². The Morgan fingerprint density at radius 1 is 1.25 bits per heavy atom. The first-order chi connectivity index (χ1) is 5.70. The number of hydrogen-bond donors (Lipinski definition) is 0. The molecule has 3 heteroatoms. The Morgan fingerprint density at radius 3 is 2.17 bits per heavy atom. The van der Waals surface area contributed by atoms with E-state index in [4.69, 9.17) is 6.64 Å². The molecule has 0 unspecified atom stereocenters. The molecule has 2 nitrogen and oxygen atoms in total. The van der Waals surface area contributed by atoms with Crippen LogP contribution in [0.4, 0.5) is 0 Å². The van der Waals surface area contributed by atoms with Crippen LogP contribution in [0.2, 0.25) is 0 Å². The molecule has 0 aromatic carbocycles. The van der Waals surface area contributed by atoms with E-state index in [0.29, 0.717) is 0 Å². The van der Waals surface area contributed by atoms with E-state index in [1.165, 1.54) is 15.0 Å². The summed E-state index contributed by atoms with van der Waals surface area (Å²) in [7, 11) is 3.48. The molecule has 0 radical (unpaired) electrons. The van der Waals surface area contributed by atoms with E-state index in [9.17, 15) is 0 Å². The van der Waals surface area contributed by atoms with Crippen LogP contribution in [0.1, 0.15) is 20.3 Å². The van der Waals surface area contributed by atoms with Gasteiger partial charge in [-0.1, -0.05) is 0 Å². The van der Waals surface area contributed by atoms with E-state index in [1.54, 1.807) is 14.2 Å². The van der Waals surface area contributed by atoms with Gasteiger partial charge in [-0.3, -0.25) is 0 Å². The van der Waals surface area contributed by atoms with Gasteiger partial charge in [-0.25, -0.2) is 0 Å². The van der Waals surface area contributed by atoms with Gasteiger partial charge in [-0.2, -0.15) is 0 Å². The molecule has 12 heavy (non-hydrogen) atoms. The van der Waals surface area contributed by atoms with Crippen molar-refractivity contribution in [2.45, 2.75) is 20.3 Å². The summed E-state index contributed by atoms with van der Waals surface area (Å²) in [6.07, 6.45) is 3.32. The number of hydrogen-bond acceptors (Lipinski definition) is 2. The monoisotopic (exact) mass is 203 g/mol. The van der Waals surface area contributed by atoms with Crippen LogP contribution in [0.15, 0.2) is 21.1 Å². The van der Waals surface area contributed by atoms with Gasteiger partial charge in [0.05, 0.1) is 0 Å². The summed E-state index contributed by atoms with van der Waals surface area (Å²) in [5.74, 6) is 0. The van der Waals surface area contributed by atoms with Crippen molar-refractivity contribution in [3.8, 4) is 0 Å². The summed E-state index contributed by atoms with van der Waals surface area (Å²) >= 11 is -1.82. The second-order valence-corrected chi connectivity index (χ2v) is 5.90. The van der Waals surface area contributed by atoms with Gasteiger partial charge in [-0.15, -0.1) is 0 Å². The van der Waals surface area contributed by atoms with Crippen LogP contribution in [0.25, 0.3) is 0 Å². The van der Waals surface area contributed by atoms with Crippen molar-refractivity contribution in [2.24, 2.45) is 0 Å². The Labute approximate surface area is 81.0 Å². The zero-order valence-electron chi connectivity index (χ0n) is 8.10. The Balaban J connectivity index is 2.84. The van der Waals surface area contributed by atoms with E-state index < -0.39 is 18.6 Å². The molecule has 67 valence electrons. The maximum atomic E-state index is 5.37. The van der Waals surface area contributed by atoms with E-state index in [-0.39, 0.29) is 0 Å². The molecule has 0 amide bonds. The molecule has 1 aliphatic carbocycles. The zero-order valence-corrected chi connectivity index (χ0v) is 9.66. The first kappa shape index (κ1) is 10.2. The van der Waals surface area contributed by atoms with Crippen molar-refractivity contribution in [1.29, 1.82) is 0 Å². The van der Waals surface area contributed by atoms with Crippen LogP contribution < -0.4 is 0 Å². The van der Waals surface area contributed by atoms with Crippen LogP contribution in [0.3, 0.4) is 0 Å². The van der Waals surface area contributed by atoms with Crippen LogP contribution in [0.5, 0.6) is 0 Å². The summed E-state index contributed by atoms with van der Waals surface area (Å²) in [5, 5.41) is 0. The van der Waals surface area contributed by atoms with Gasteiger partial charge in [-0.05, 0) is 0 Å². The summed E-state index contributed by atoms with van der Waals surface area (Å²) in [5.41, 5.74) is 2.78. The summed E-state index contributed by atoms with van der Waals surface area (Å²) in [6, 6.07) is 0. The SMILES string of the molecule is C[O][Ti]([O]C)[C]1=C(C)CC=C1C. The summed E-state index contributed by atoms with van der Waals surface area (Å²) in [4.78, 5) is 0. The number of rotatable bonds is 3. The van der Waals surface area contributed by atoms with Crippen LogP contribution in [0, 0.1) is 0 Å². The molecule has 0 aromatic rings. The molecule has 0 aromatic heterocycles. The Morgan fingerprint density at radius 2 is 1.83 bits per heavy atom. The molecule has 1 aliphatic rings. The molecular weight excluding hydrogens is 188 g/mol. The predicted octanol–water partition coefficient (Wildman–Crippen LogP) is 2.35. The van der Waals surface area contributed by atoms with Crippen molar-refractivity contribution in [3.05, 3.63) is 21.1 Å². The molecule has 0 bridgehead atoms. The third kappa shape index (κ3) is 1.88. The van der Waals surface area contributed by atoms with E-state index >= 15 is 0 Å². The number of allylic oxidation sites excluding steroid dienone is 4. The molecule has 0 atom stereocenters. The van der Waals surface area contributed by atoms with Gasteiger partial charge >= 0.3 is 80.9 Å². The summed E-state index contributed by atoms with van der Waals surface area (Å²) in [6.45, 7) is 4.30. The Kier molecular flexibility index (Phi) is 3.72. The predicted molar refractivity (Wildman–Crippen MR) is 45.1 cm³/mol. The van der Waals surface area contributed by atoms with Gasteiger partial charge in [0.25, 0.3) is 0 Å². The fourth-order valence-corrected chi connectivity index (χ4v) is 3.73. The second kappa shape index (κ2) is 4.38. The van der Waals surface area contributed by atoms with Crippen LogP contribution >= 0.6 is 0 Å². The van der Waals surface area contributed by atoms with Crippen molar-refractivity contribution < 1.29 is 25.3 Å². The van der Waals surface area contributed by atoms with E-state index in [0.717, 1.165) is 6.42 Å². The zero-order chi connectivity index (χ0) is 9.14. The third-order valence-electron chi connectivity index (χ3n) is 2.11. The minimum absolute atomic E-state index is 1.07. The van der Waals surface area contributed by atoms with Crippen LogP contribution in [-0.4, -0.2) is 14.2 Å². The van der Waals surface area contributed by atoms with Gasteiger partial charge in [0, 0.05) is 0 Å². The molecular formula is C9H15O2Ti. The molecule has 0 saturated carbocycles. The van der Waals surface area contributed by atoms with Crippen molar-refractivity contribution >= 4 is 0 Å². The van der Waals surface area contributed by atoms with E-state index in [1.807, 2.05) is 0 Å². The first-order valence-corrected chi connectivity index (χ1v) is 6.08. The Bertz CT molecular complexity index is 227. The quantitative estimate of drug-likeness (QED) is 0.655. The first-order valence-electron chi connectivity index (χ1n) is 4.03. The maximum absolute atomic E-state index is 5.37. The average molecular weight is 203 g/mol. The fourth-order valence-electron chi connectivity index (χ4n) is 1.47. The van der Waals surface area contributed by atoms with Gasteiger partial charge in [0.1, 0.15) is 0 Å². The average Bonchev–Trinajstić information content (AvgIpc) is 2.38. The Hall–Kier alpha value is 0.114. The summed E-state index contributed by atoms with van der Waals surface area (Å²) < 4.78 is 12.1. The van der Waals surface area contributed by atoms with Gasteiger partial charge in [0.2, 0.25) is 0 Å². The minimum atomic E-state index is -1.82. The van der Waals surface area contributed by atoms with Crippen molar-refractivity contribution in [1.82, 2.24) is 0 Å². The molecule has 0 N–H and O–H groups in total. The topological polar surface area (TPSA) is 18.5 Å². The third-order valence-corrected chi connectivity index (χ3v) is 5.19. The normalized spacial score (nSPS) is 16.8. The standard InChI is InChI=1S/C7H9.2CH3O.Ti/c1-6-3-4-7(2)5-6;2*1-2;/h3H,4H2,1-2H3;2*1H3;/q;2*-1;+2. The van der Waals surface area contributed by atoms with Crippen LogP contribution in [-0.2, 0) is 25.3 Å². The molecule has 0 aliphatic heterocycles. The second-order valence-electron chi connectivity index (χ2n) is 2.94. The fraction of sp³-hybridized carbons (Fsp3) is 0.556. The molecule has 0 saturated heterocycles. The van der Waals surface area contributed by atoms with Crippen molar-refractivity contribution in [2.75, 3.05) is 14.2 Å². The van der Waals surface area contributed by atoms with Gasteiger partial charge in [0.15, 0.2) is 0 Å². The van der Waals surface area contributed by atoms with Gasteiger partial charge < -0.3 is 0 Å². The molecule has 0 heterocycles. The molecule has 1 rings (SSSR count). The van der Waals surface area contributed by atoms with Crippen molar-refractivity contribution in [3.63, 3.8) is 0 Å². The molecule has 0 spiro atoms. The molecule has 0 fully saturated rings.